The average Bonchev–Trinajstić information content (AvgIpc) is 2.43. The Morgan fingerprint density at radius 1 is 1.57 bits per heavy atom. The molecule has 0 aliphatic carbocycles. The minimum absolute atomic E-state index is 0.121. The average molecular weight is 335 g/mol. The molecule has 0 aromatic carbocycles. The largest absolute Gasteiger partial charge is 0.480 e. The number of aliphatic carboxylic acids is 1. The van der Waals surface area contributed by atoms with Gasteiger partial charge in [-0.3, -0.25) is 4.79 Å². The van der Waals surface area contributed by atoms with Gasteiger partial charge in [0.25, 0.3) is 0 Å². The Morgan fingerprint density at radius 3 is 2.67 bits per heavy atom. The summed E-state index contributed by atoms with van der Waals surface area (Å²) in [4.78, 5) is 23.8. The lowest BCUT2D eigenvalue weighted by molar-refractivity contribution is -0.389. The number of rotatable bonds is 8. The van der Waals surface area contributed by atoms with E-state index in [1.165, 1.54) is 11.8 Å². The molecule has 1 atom stereocenters. The van der Waals surface area contributed by atoms with Gasteiger partial charge in [0, 0.05) is 6.07 Å². The van der Waals surface area contributed by atoms with Gasteiger partial charge < -0.3 is 15.2 Å². The number of carbonyl (C=O) groups is 1. The fourth-order valence-electron chi connectivity index (χ4n) is 1.36. The molecule has 0 fully saturated rings. The van der Waals surface area contributed by atoms with Gasteiger partial charge in [-0.05, 0) is 34.4 Å². The van der Waals surface area contributed by atoms with E-state index < -0.39 is 32.8 Å². The quantitative estimate of drug-likeness (QED) is 0.516. The highest BCUT2D eigenvalue weighted by Gasteiger charge is 2.26. The topological polar surface area (TPSA) is 140 Å². The summed E-state index contributed by atoms with van der Waals surface area (Å²) < 4.78 is 26.0. The van der Waals surface area contributed by atoms with Crippen LogP contribution in [0.1, 0.15) is 6.42 Å². The number of aromatic nitrogens is 1. The fraction of sp³-hybridized carbons (Fsp3) is 0.400. The summed E-state index contributed by atoms with van der Waals surface area (Å²) in [6, 6.07) is 0.672. The highest BCUT2D eigenvalue weighted by molar-refractivity contribution is 7.98. The predicted octanol–water partition coefficient (Wildman–Crippen LogP) is 0.474. The van der Waals surface area contributed by atoms with Crippen LogP contribution in [0, 0.1) is 10.1 Å². The normalized spacial score (nSPS) is 12.8. The summed E-state index contributed by atoms with van der Waals surface area (Å²) in [5.41, 5.74) is 0. The molecular formula is C10H13N3O6S2. The van der Waals surface area contributed by atoms with Gasteiger partial charge in [-0.2, -0.15) is 16.5 Å². The molecule has 0 radical (unpaired) electrons. The molecule has 9 nitrogen and oxygen atoms in total. The number of sulfonamides is 1. The van der Waals surface area contributed by atoms with Crippen LogP contribution in [-0.2, 0) is 14.8 Å². The van der Waals surface area contributed by atoms with Crippen molar-refractivity contribution in [3.63, 3.8) is 0 Å². The molecule has 0 saturated heterocycles. The maximum Gasteiger partial charge on any atom is 0.363 e. The van der Waals surface area contributed by atoms with Crippen LogP contribution in [0.4, 0.5) is 5.82 Å². The third-order valence-corrected chi connectivity index (χ3v) is 4.53. The highest BCUT2D eigenvalue weighted by atomic mass is 32.2. The molecule has 1 unspecified atom stereocenters. The van der Waals surface area contributed by atoms with Gasteiger partial charge in [-0.15, -0.1) is 0 Å². The first kappa shape index (κ1) is 17.3. The number of nitro groups is 1. The Hall–Kier alpha value is -1.72. The first-order valence-electron chi connectivity index (χ1n) is 5.62. The van der Waals surface area contributed by atoms with Crippen molar-refractivity contribution in [3.05, 3.63) is 28.4 Å². The summed E-state index contributed by atoms with van der Waals surface area (Å²) in [6.45, 7) is 0. The predicted molar refractivity (Wildman–Crippen MR) is 75.6 cm³/mol. The van der Waals surface area contributed by atoms with Crippen molar-refractivity contribution in [2.45, 2.75) is 17.4 Å². The van der Waals surface area contributed by atoms with Gasteiger partial charge in [0.05, 0.1) is 0 Å². The number of nitrogens with zero attached hydrogens (tertiary/aromatic N) is 2. The first-order valence-corrected chi connectivity index (χ1v) is 8.50. The Morgan fingerprint density at radius 2 is 2.24 bits per heavy atom. The number of nitrogens with one attached hydrogen (secondary N) is 1. The van der Waals surface area contributed by atoms with Gasteiger partial charge in [-0.1, -0.05) is 0 Å². The molecular weight excluding hydrogens is 322 g/mol. The lowest BCUT2D eigenvalue weighted by atomic mass is 10.2. The van der Waals surface area contributed by atoms with E-state index in [0.717, 1.165) is 18.3 Å². The second-order valence-corrected chi connectivity index (χ2v) is 6.60. The third-order valence-electron chi connectivity index (χ3n) is 2.42. The smallest absolute Gasteiger partial charge is 0.363 e. The Balaban J connectivity index is 2.93. The van der Waals surface area contributed by atoms with Crippen LogP contribution < -0.4 is 4.72 Å². The van der Waals surface area contributed by atoms with Crippen molar-refractivity contribution >= 4 is 33.6 Å². The maximum absolute atomic E-state index is 12.0. The van der Waals surface area contributed by atoms with E-state index in [1.54, 1.807) is 6.26 Å². The zero-order valence-corrected chi connectivity index (χ0v) is 12.6. The van der Waals surface area contributed by atoms with Crippen molar-refractivity contribution in [2.24, 2.45) is 0 Å². The van der Waals surface area contributed by atoms with Crippen LogP contribution in [0.25, 0.3) is 0 Å². The molecule has 2 N–H and O–H groups in total. The second-order valence-electron chi connectivity index (χ2n) is 3.90. The Bertz CT molecular complexity index is 616. The van der Waals surface area contributed by atoms with Gasteiger partial charge in [0.15, 0.2) is 6.20 Å². The van der Waals surface area contributed by atoms with Crippen molar-refractivity contribution in [1.29, 1.82) is 0 Å². The standard InChI is InChI=1S/C10H13N3O6S2/c1-20-5-4-8(10(14)15)12-21(18,19)7-2-3-9(11-6-7)13(16)17/h2-3,6,8,12H,4-5H2,1H3,(H,14,15). The summed E-state index contributed by atoms with van der Waals surface area (Å²) in [5.74, 6) is -1.31. The van der Waals surface area contributed by atoms with Crippen LogP contribution in [0.3, 0.4) is 0 Å². The minimum atomic E-state index is -4.10. The molecule has 0 aliphatic rings. The van der Waals surface area contributed by atoms with E-state index in [-0.39, 0.29) is 11.3 Å². The number of carboxylic acid groups (broad SMARTS) is 1. The first-order chi connectivity index (χ1) is 9.77. The van der Waals surface area contributed by atoms with Gasteiger partial charge >= 0.3 is 11.8 Å². The molecule has 0 spiro atoms. The summed E-state index contributed by atoms with van der Waals surface area (Å²) in [5, 5.41) is 19.4. The molecule has 21 heavy (non-hydrogen) atoms. The van der Waals surface area contributed by atoms with E-state index in [0.29, 0.717) is 5.75 Å². The van der Waals surface area contributed by atoms with E-state index in [4.69, 9.17) is 5.11 Å². The highest BCUT2D eigenvalue weighted by Crippen LogP contribution is 2.13. The molecule has 0 bridgehead atoms. The van der Waals surface area contributed by atoms with E-state index in [1.807, 2.05) is 4.72 Å². The van der Waals surface area contributed by atoms with Gasteiger partial charge in [-0.25, -0.2) is 8.42 Å². The molecule has 11 heteroatoms. The van der Waals surface area contributed by atoms with Gasteiger partial charge in [0.1, 0.15) is 10.9 Å². The van der Waals surface area contributed by atoms with E-state index in [2.05, 4.69) is 4.98 Å². The Kier molecular flexibility index (Phi) is 6.05. The molecule has 116 valence electrons. The van der Waals surface area contributed by atoms with Crippen molar-refractivity contribution < 1.29 is 23.2 Å². The van der Waals surface area contributed by atoms with E-state index in [9.17, 15) is 23.3 Å². The second kappa shape index (κ2) is 7.33. The minimum Gasteiger partial charge on any atom is -0.480 e. The number of hydrogen-bond acceptors (Lipinski definition) is 7. The molecule has 0 saturated carbocycles. The molecule has 0 aliphatic heterocycles. The van der Waals surface area contributed by atoms with Crippen LogP contribution in [0.15, 0.2) is 23.2 Å². The fourth-order valence-corrected chi connectivity index (χ4v) is 3.00. The number of thioether (sulfide) groups is 1. The zero-order chi connectivity index (χ0) is 16.0. The van der Waals surface area contributed by atoms with Crippen LogP contribution in [-0.4, -0.2) is 47.5 Å². The lowest BCUT2D eigenvalue weighted by Crippen LogP contribution is -2.41. The molecule has 1 rings (SSSR count). The third kappa shape index (κ3) is 4.95. The number of carboxylic acids is 1. The zero-order valence-electron chi connectivity index (χ0n) is 10.9. The molecule has 1 aromatic rings. The maximum atomic E-state index is 12.0. The summed E-state index contributed by atoms with van der Waals surface area (Å²) in [6.07, 6.45) is 2.71. The number of hydrogen-bond donors (Lipinski definition) is 2. The molecule has 1 aromatic heterocycles. The monoisotopic (exact) mass is 335 g/mol. The van der Waals surface area contributed by atoms with Crippen molar-refractivity contribution in [2.75, 3.05) is 12.0 Å². The van der Waals surface area contributed by atoms with Gasteiger partial charge in [0.2, 0.25) is 10.0 Å². The van der Waals surface area contributed by atoms with Crippen LogP contribution in [0.2, 0.25) is 0 Å². The lowest BCUT2D eigenvalue weighted by Gasteiger charge is -2.13. The molecule has 1 heterocycles. The van der Waals surface area contributed by atoms with Crippen molar-refractivity contribution in [3.8, 4) is 0 Å². The van der Waals surface area contributed by atoms with Crippen LogP contribution >= 0.6 is 11.8 Å². The van der Waals surface area contributed by atoms with Crippen molar-refractivity contribution in [1.82, 2.24) is 9.71 Å². The molecule has 0 amide bonds. The summed E-state index contributed by atoms with van der Waals surface area (Å²) >= 11 is 1.39. The van der Waals surface area contributed by atoms with Crippen LogP contribution in [0.5, 0.6) is 0 Å². The SMILES string of the molecule is CSCCC(NS(=O)(=O)c1ccc([N+](=O)[O-])nc1)C(=O)O. The number of pyridine rings is 1. The Labute approximate surface area is 125 Å². The summed E-state index contributed by atoms with van der Waals surface area (Å²) in [7, 11) is -4.10. The van der Waals surface area contributed by atoms with E-state index >= 15 is 0 Å².